The van der Waals surface area contributed by atoms with Crippen molar-refractivity contribution in [1.82, 2.24) is 14.7 Å². The molecule has 0 fully saturated rings. The van der Waals surface area contributed by atoms with E-state index in [4.69, 9.17) is 11.6 Å². The molecule has 2 aromatic heterocycles. The molecule has 0 spiro atoms. The minimum atomic E-state index is -3.62. The Bertz CT molecular complexity index is 1490. The van der Waals surface area contributed by atoms with Crippen LogP contribution in [-0.4, -0.2) is 30.8 Å². The molecule has 2 aromatic carbocycles. The van der Waals surface area contributed by atoms with Gasteiger partial charge in [-0.3, -0.25) is 4.79 Å². The average molecular weight is 526 g/mol. The first kappa shape index (κ1) is 23.4. The molecule has 0 atom stereocenters. The summed E-state index contributed by atoms with van der Waals surface area (Å²) in [6, 6.07) is 15.5. The van der Waals surface area contributed by atoms with E-state index in [9.17, 15) is 13.2 Å². The van der Waals surface area contributed by atoms with Crippen LogP contribution >= 0.6 is 22.9 Å². The van der Waals surface area contributed by atoms with Gasteiger partial charge in [0, 0.05) is 39.5 Å². The second kappa shape index (κ2) is 9.74. The van der Waals surface area contributed by atoms with Gasteiger partial charge in [0.15, 0.2) is 0 Å². The van der Waals surface area contributed by atoms with Crippen molar-refractivity contribution in [2.75, 3.05) is 17.2 Å². The third kappa shape index (κ3) is 5.35. The summed E-state index contributed by atoms with van der Waals surface area (Å²) in [6.07, 6.45) is 2.40. The number of hydrogen-bond acceptors (Lipinski definition) is 7. The van der Waals surface area contributed by atoms with E-state index in [1.54, 1.807) is 41.8 Å². The number of aromatic nitrogens is 2. The third-order valence-corrected chi connectivity index (χ3v) is 8.04. The van der Waals surface area contributed by atoms with Crippen molar-refractivity contribution in [2.24, 2.45) is 0 Å². The molecule has 1 amide bonds. The molecule has 4 aromatic rings. The van der Waals surface area contributed by atoms with E-state index in [0.717, 1.165) is 10.4 Å². The van der Waals surface area contributed by atoms with Crippen LogP contribution in [0.3, 0.4) is 0 Å². The number of nitrogens with one attached hydrogen (secondary N) is 3. The lowest BCUT2D eigenvalue weighted by Gasteiger charge is -2.11. The number of carbonyl (C=O) groups excluding carboxylic acids is 1. The summed E-state index contributed by atoms with van der Waals surface area (Å²) in [4.78, 5) is 22.5. The molecular weight excluding hydrogens is 506 g/mol. The molecule has 0 unspecified atom stereocenters. The van der Waals surface area contributed by atoms with Gasteiger partial charge < -0.3 is 10.6 Å². The molecule has 3 N–H and O–H groups in total. The zero-order chi connectivity index (χ0) is 24.4. The Hall–Kier alpha value is -3.31. The Morgan fingerprint density at radius 3 is 2.71 bits per heavy atom. The van der Waals surface area contributed by atoms with E-state index in [1.807, 2.05) is 23.6 Å². The summed E-state index contributed by atoms with van der Waals surface area (Å²) in [5, 5.41) is 8.43. The number of amides is 1. The van der Waals surface area contributed by atoms with E-state index in [1.165, 1.54) is 12.1 Å². The predicted octanol–water partition coefficient (Wildman–Crippen LogP) is 4.62. The maximum atomic E-state index is 12.6. The van der Waals surface area contributed by atoms with Crippen LogP contribution < -0.4 is 15.4 Å². The van der Waals surface area contributed by atoms with Gasteiger partial charge in [0.1, 0.15) is 0 Å². The topological polar surface area (TPSA) is 113 Å². The molecule has 178 valence electrons. The molecule has 8 nitrogen and oxygen atoms in total. The normalized spacial score (nSPS) is 12.9. The number of fused-ring (bicyclic) bond motifs is 3. The number of thiophene rings is 1. The fourth-order valence-electron chi connectivity index (χ4n) is 3.72. The zero-order valence-corrected chi connectivity index (χ0v) is 20.7. The van der Waals surface area contributed by atoms with Gasteiger partial charge in [0.05, 0.1) is 22.7 Å². The number of rotatable bonds is 7. The molecule has 5 rings (SSSR count). The second-order valence-electron chi connectivity index (χ2n) is 7.86. The van der Waals surface area contributed by atoms with Crippen molar-refractivity contribution < 1.29 is 13.2 Å². The second-order valence-corrected chi connectivity index (χ2v) is 11.1. The number of carbonyl (C=O) groups is 1. The molecule has 0 bridgehead atoms. The monoisotopic (exact) mass is 525 g/mol. The molecule has 1 aliphatic heterocycles. The van der Waals surface area contributed by atoms with Gasteiger partial charge in [-0.05, 0) is 60.3 Å². The number of halogens is 1. The largest absolute Gasteiger partial charge is 0.325 e. The van der Waals surface area contributed by atoms with Crippen molar-refractivity contribution in [2.45, 2.75) is 17.7 Å². The maximum Gasteiger partial charge on any atom is 0.240 e. The molecule has 0 saturated heterocycles. The van der Waals surface area contributed by atoms with Crippen molar-refractivity contribution >= 4 is 56.2 Å². The molecule has 35 heavy (non-hydrogen) atoms. The quantitative estimate of drug-likeness (QED) is 0.324. The van der Waals surface area contributed by atoms with Crippen molar-refractivity contribution in [3.63, 3.8) is 0 Å². The van der Waals surface area contributed by atoms with Crippen LogP contribution in [0, 0.1) is 0 Å². The fourth-order valence-corrected chi connectivity index (χ4v) is 5.63. The smallest absolute Gasteiger partial charge is 0.240 e. The first-order valence-corrected chi connectivity index (χ1v) is 13.5. The van der Waals surface area contributed by atoms with E-state index >= 15 is 0 Å². The summed E-state index contributed by atoms with van der Waals surface area (Å²) < 4.78 is 27.8. The number of nitrogens with zero attached hydrogens (tertiary/aromatic N) is 2. The SMILES string of the molecule is O=C1Cc2cnc(Nc3ccc(S(=O)(=O)NCCc4cccs4)cc3)nc2-c2ccc(Cl)cc2N1. The lowest BCUT2D eigenvalue weighted by molar-refractivity contribution is -0.115. The summed E-state index contributed by atoms with van der Waals surface area (Å²) in [5.41, 5.74) is 3.29. The molecule has 1 aliphatic rings. The molecule has 11 heteroatoms. The van der Waals surface area contributed by atoms with E-state index in [-0.39, 0.29) is 17.2 Å². The molecule has 0 aliphatic carbocycles. The zero-order valence-electron chi connectivity index (χ0n) is 18.3. The van der Waals surface area contributed by atoms with Crippen molar-refractivity contribution in [1.29, 1.82) is 0 Å². The molecule has 0 radical (unpaired) electrons. The fraction of sp³-hybridized carbons (Fsp3) is 0.125. The molecule has 0 saturated carbocycles. The van der Waals surface area contributed by atoms with Crippen LogP contribution in [0.1, 0.15) is 10.4 Å². The Morgan fingerprint density at radius 2 is 1.94 bits per heavy atom. The van der Waals surface area contributed by atoms with Gasteiger partial charge in [-0.2, -0.15) is 0 Å². The Balaban J connectivity index is 1.32. The summed E-state index contributed by atoms with van der Waals surface area (Å²) in [5.74, 6) is 0.154. The molecular formula is C24H20ClN5O3S2. The Labute approximate surface area is 211 Å². The van der Waals surface area contributed by atoms with Gasteiger partial charge in [0.25, 0.3) is 0 Å². The molecule has 3 heterocycles. The predicted molar refractivity (Wildman–Crippen MR) is 138 cm³/mol. The first-order chi connectivity index (χ1) is 16.9. The number of benzene rings is 2. The average Bonchev–Trinajstić information content (AvgIpc) is 3.29. The van der Waals surface area contributed by atoms with E-state index < -0.39 is 10.0 Å². The number of hydrogen-bond donors (Lipinski definition) is 3. The standard InChI is InChI=1S/C24H20ClN5O3S2/c25-16-3-8-20-21(13-16)29-22(31)12-15-14-26-24(30-23(15)20)28-17-4-6-19(7-5-17)35(32,33)27-10-9-18-2-1-11-34-18/h1-8,11,13-14,27H,9-10,12H2,(H,29,31)(H,26,28,30). The van der Waals surface area contributed by atoms with Crippen molar-refractivity contribution in [3.05, 3.63) is 81.6 Å². The number of anilines is 3. The lowest BCUT2D eigenvalue weighted by atomic mass is 10.1. The highest BCUT2D eigenvalue weighted by Gasteiger charge is 2.21. The highest BCUT2D eigenvalue weighted by molar-refractivity contribution is 7.89. The van der Waals surface area contributed by atoms with Crippen LogP contribution in [0.2, 0.25) is 5.02 Å². The van der Waals surface area contributed by atoms with Gasteiger partial charge in [-0.25, -0.2) is 23.1 Å². The summed E-state index contributed by atoms with van der Waals surface area (Å²) >= 11 is 7.69. The third-order valence-electron chi connectivity index (χ3n) is 5.39. The van der Waals surface area contributed by atoms with Gasteiger partial charge in [0.2, 0.25) is 21.9 Å². The number of sulfonamides is 1. The van der Waals surface area contributed by atoms with Crippen LogP contribution in [-0.2, 0) is 27.7 Å². The Kier molecular flexibility index (Phi) is 6.52. The minimum absolute atomic E-state index is 0.147. The first-order valence-electron chi connectivity index (χ1n) is 10.7. The van der Waals surface area contributed by atoms with Crippen molar-refractivity contribution in [3.8, 4) is 11.3 Å². The van der Waals surface area contributed by atoms with Gasteiger partial charge in [-0.1, -0.05) is 17.7 Å². The van der Waals surface area contributed by atoms with E-state index in [2.05, 4.69) is 25.3 Å². The van der Waals surface area contributed by atoms with Crippen LogP contribution in [0.5, 0.6) is 0 Å². The van der Waals surface area contributed by atoms with Crippen LogP contribution in [0.4, 0.5) is 17.3 Å². The lowest BCUT2D eigenvalue weighted by Crippen LogP contribution is -2.25. The van der Waals surface area contributed by atoms with Crippen LogP contribution in [0.15, 0.2) is 71.1 Å². The summed E-state index contributed by atoms with van der Waals surface area (Å²) in [6.45, 7) is 0.329. The highest BCUT2D eigenvalue weighted by Crippen LogP contribution is 2.34. The summed E-state index contributed by atoms with van der Waals surface area (Å²) in [7, 11) is -3.62. The maximum absolute atomic E-state index is 12.6. The van der Waals surface area contributed by atoms with Gasteiger partial charge >= 0.3 is 0 Å². The van der Waals surface area contributed by atoms with Crippen LogP contribution in [0.25, 0.3) is 11.3 Å². The van der Waals surface area contributed by atoms with Gasteiger partial charge in [-0.15, -0.1) is 11.3 Å². The minimum Gasteiger partial charge on any atom is -0.325 e. The highest BCUT2D eigenvalue weighted by atomic mass is 35.5. The van der Waals surface area contributed by atoms with E-state index in [0.29, 0.717) is 46.6 Å². The Morgan fingerprint density at radius 1 is 1.11 bits per heavy atom.